The van der Waals surface area contributed by atoms with Crippen molar-refractivity contribution in [2.45, 2.75) is 57.7 Å². The summed E-state index contributed by atoms with van der Waals surface area (Å²) in [6.45, 7) is 1.81. The Morgan fingerprint density at radius 3 is 2.41 bits per heavy atom. The smallest absolute Gasteiger partial charge is 0.389 e. The molecule has 0 saturated carbocycles. The zero-order valence-electron chi connectivity index (χ0n) is 21.6. The Labute approximate surface area is 224 Å². The monoisotopic (exact) mass is 547 g/mol. The van der Waals surface area contributed by atoms with Gasteiger partial charge in [0, 0.05) is 18.5 Å². The molecule has 8 nitrogen and oxygen atoms in total. The number of unbranched alkanes of at least 4 members (excludes halogenated alkanes) is 1. The fourth-order valence-corrected chi connectivity index (χ4v) is 4.06. The number of rotatable bonds is 13. The zero-order valence-corrected chi connectivity index (χ0v) is 21.6. The number of halogens is 3. The Morgan fingerprint density at radius 2 is 1.77 bits per heavy atom. The third-order valence-corrected chi connectivity index (χ3v) is 6.38. The predicted molar refractivity (Wildman–Crippen MR) is 138 cm³/mol. The lowest BCUT2D eigenvalue weighted by molar-refractivity contribution is -0.141. The van der Waals surface area contributed by atoms with Gasteiger partial charge in [-0.25, -0.2) is 5.01 Å². The lowest BCUT2D eigenvalue weighted by atomic mass is 9.92. The third kappa shape index (κ3) is 9.42. The maximum absolute atomic E-state index is 13.0. The molecule has 2 N–H and O–H groups in total. The number of carbonyl (C=O) groups excluding carboxylic acids is 2. The number of amides is 2. The summed E-state index contributed by atoms with van der Waals surface area (Å²) in [6.07, 6.45) is -4.37. The minimum absolute atomic E-state index is 0.132. The second kappa shape index (κ2) is 13.8. The molecule has 2 amide bonds. The molecule has 0 fully saturated rings. The van der Waals surface area contributed by atoms with E-state index in [2.05, 4.69) is 10.4 Å². The van der Waals surface area contributed by atoms with Crippen LogP contribution in [0.2, 0.25) is 0 Å². The second-order valence-corrected chi connectivity index (χ2v) is 9.49. The number of alkyl halides is 3. The van der Waals surface area contributed by atoms with Gasteiger partial charge in [0.1, 0.15) is 0 Å². The number of hydrogen-bond donors (Lipinski definition) is 2. The molecule has 2 aromatic rings. The van der Waals surface area contributed by atoms with E-state index in [1.165, 1.54) is 5.01 Å². The van der Waals surface area contributed by atoms with E-state index in [4.69, 9.17) is 9.84 Å². The van der Waals surface area contributed by atoms with Crippen molar-refractivity contribution in [3.8, 4) is 0 Å². The number of benzene rings is 2. The first kappa shape index (κ1) is 29.7. The molecule has 2 unspecified atom stereocenters. The van der Waals surface area contributed by atoms with Crippen LogP contribution in [0.1, 0.15) is 61.6 Å². The maximum atomic E-state index is 13.0. The molecule has 1 aliphatic rings. The van der Waals surface area contributed by atoms with Gasteiger partial charge in [0.25, 0.3) is 5.91 Å². The van der Waals surface area contributed by atoms with Gasteiger partial charge >= 0.3 is 12.1 Å². The van der Waals surface area contributed by atoms with Crippen LogP contribution >= 0.6 is 0 Å². The molecule has 2 aromatic carbocycles. The summed E-state index contributed by atoms with van der Waals surface area (Å²) in [5.74, 6) is -2.93. The Bertz CT molecular complexity index is 1150. The predicted octanol–water partition coefficient (Wildman–Crippen LogP) is 4.84. The van der Waals surface area contributed by atoms with Crippen LogP contribution in [-0.2, 0) is 25.7 Å². The molecule has 1 aliphatic heterocycles. The van der Waals surface area contributed by atoms with E-state index in [0.29, 0.717) is 36.3 Å². The highest BCUT2D eigenvalue weighted by molar-refractivity contribution is 5.97. The van der Waals surface area contributed by atoms with Gasteiger partial charge in [0.15, 0.2) is 6.61 Å². The molecule has 1 heterocycles. The van der Waals surface area contributed by atoms with Crippen molar-refractivity contribution in [1.82, 2.24) is 10.3 Å². The van der Waals surface area contributed by atoms with Gasteiger partial charge in [-0.3, -0.25) is 14.4 Å². The lowest BCUT2D eigenvalue weighted by Crippen LogP contribution is -2.36. The number of nitrogens with one attached hydrogen (secondary N) is 1. The van der Waals surface area contributed by atoms with Crippen molar-refractivity contribution < 1.29 is 37.4 Å². The topological polar surface area (TPSA) is 108 Å². The quantitative estimate of drug-likeness (QED) is 0.349. The van der Waals surface area contributed by atoms with Crippen molar-refractivity contribution in [1.29, 1.82) is 0 Å². The molecule has 3 rings (SSSR count). The van der Waals surface area contributed by atoms with Gasteiger partial charge in [0.2, 0.25) is 11.8 Å². The van der Waals surface area contributed by atoms with Crippen LogP contribution < -0.4 is 5.32 Å². The molecule has 2 atom stereocenters. The molecular formula is C28H32F3N3O5. The molecule has 11 heteroatoms. The van der Waals surface area contributed by atoms with E-state index < -0.39 is 42.7 Å². The van der Waals surface area contributed by atoms with Gasteiger partial charge in [-0.05, 0) is 42.5 Å². The van der Waals surface area contributed by atoms with Crippen molar-refractivity contribution in [3.05, 3.63) is 71.3 Å². The van der Waals surface area contributed by atoms with Crippen LogP contribution in [0.4, 0.5) is 13.2 Å². The van der Waals surface area contributed by atoms with E-state index in [-0.39, 0.29) is 25.6 Å². The standard InChI is InChI=1S/C28H32F3N3O5/c1-19(27(37)38)7-5-6-16-32-25(36)23(14-15-28(29,30)31)21-12-10-20(11-13-21)17-34-24(35)18-39-26(33-34)22-8-3-2-4-9-22/h2-4,8-13,19,23H,5-7,14-18H2,1H3,(H,32,36)(H,37,38). The zero-order chi connectivity index (χ0) is 28.4. The summed E-state index contributed by atoms with van der Waals surface area (Å²) in [6, 6.07) is 15.6. The highest BCUT2D eigenvalue weighted by Crippen LogP contribution is 2.30. The third-order valence-electron chi connectivity index (χ3n) is 6.38. The van der Waals surface area contributed by atoms with Crippen LogP contribution in [0.25, 0.3) is 0 Å². The van der Waals surface area contributed by atoms with Gasteiger partial charge < -0.3 is 15.2 Å². The van der Waals surface area contributed by atoms with E-state index in [1.54, 1.807) is 31.2 Å². The SMILES string of the molecule is CC(CCCCNC(=O)C(CCC(F)(F)F)c1ccc(CN2N=C(c3ccccc3)OCC2=O)cc1)C(=O)O. The maximum Gasteiger partial charge on any atom is 0.389 e. The minimum atomic E-state index is -4.41. The molecule has 0 aromatic heterocycles. The second-order valence-electron chi connectivity index (χ2n) is 9.49. The van der Waals surface area contributed by atoms with E-state index in [9.17, 15) is 27.6 Å². The summed E-state index contributed by atoms with van der Waals surface area (Å²) in [4.78, 5) is 36.1. The largest absolute Gasteiger partial charge is 0.481 e. The van der Waals surface area contributed by atoms with Gasteiger partial charge in [-0.2, -0.15) is 13.2 Å². The molecule has 210 valence electrons. The Balaban J connectivity index is 1.64. The average molecular weight is 548 g/mol. The highest BCUT2D eigenvalue weighted by Gasteiger charge is 2.31. The number of hydrogen-bond acceptors (Lipinski definition) is 5. The number of aliphatic carboxylic acids is 1. The van der Waals surface area contributed by atoms with E-state index >= 15 is 0 Å². The minimum Gasteiger partial charge on any atom is -0.481 e. The highest BCUT2D eigenvalue weighted by atomic mass is 19.4. The molecule has 0 saturated heterocycles. The normalized spacial score (nSPS) is 15.2. The van der Waals surface area contributed by atoms with Crippen LogP contribution in [0.3, 0.4) is 0 Å². The number of nitrogens with zero attached hydrogens (tertiary/aromatic N) is 2. The molecule has 0 bridgehead atoms. The Kier molecular flexibility index (Phi) is 10.5. The lowest BCUT2D eigenvalue weighted by Gasteiger charge is -2.24. The number of carboxylic acids is 1. The molecular weight excluding hydrogens is 515 g/mol. The molecule has 39 heavy (non-hydrogen) atoms. The van der Waals surface area contributed by atoms with Crippen molar-refractivity contribution >= 4 is 23.7 Å². The molecule has 0 aliphatic carbocycles. The van der Waals surface area contributed by atoms with E-state index in [0.717, 1.165) is 5.56 Å². The van der Waals surface area contributed by atoms with Gasteiger partial charge in [-0.1, -0.05) is 55.8 Å². The average Bonchev–Trinajstić information content (AvgIpc) is 2.90. The first-order valence-corrected chi connectivity index (χ1v) is 12.8. The van der Waals surface area contributed by atoms with Crippen LogP contribution in [0.5, 0.6) is 0 Å². The van der Waals surface area contributed by atoms with Crippen molar-refractivity contribution in [3.63, 3.8) is 0 Å². The molecule has 0 radical (unpaired) electrons. The fraction of sp³-hybridized carbons (Fsp3) is 0.429. The number of hydrazone groups is 1. The first-order chi connectivity index (χ1) is 18.5. The first-order valence-electron chi connectivity index (χ1n) is 12.8. The summed E-state index contributed by atoms with van der Waals surface area (Å²) in [7, 11) is 0. The van der Waals surface area contributed by atoms with Gasteiger partial charge in [0.05, 0.1) is 18.4 Å². The fourth-order valence-electron chi connectivity index (χ4n) is 4.06. The van der Waals surface area contributed by atoms with Crippen LogP contribution in [0.15, 0.2) is 59.7 Å². The summed E-state index contributed by atoms with van der Waals surface area (Å²) < 4.78 is 44.3. The Morgan fingerprint density at radius 1 is 1.08 bits per heavy atom. The van der Waals surface area contributed by atoms with Crippen molar-refractivity contribution in [2.75, 3.05) is 13.2 Å². The van der Waals surface area contributed by atoms with Crippen LogP contribution in [-0.4, -0.2) is 53.1 Å². The molecule has 0 spiro atoms. The van der Waals surface area contributed by atoms with Crippen LogP contribution in [0, 0.1) is 5.92 Å². The van der Waals surface area contributed by atoms with Gasteiger partial charge in [-0.15, -0.1) is 5.10 Å². The summed E-state index contributed by atoms with van der Waals surface area (Å²) in [5.41, 5.74) is 1.84. The summed E-state index contributed by atoms with van der Waals surface area (Å²) >= 11 is 0. The Hall–Kier alpha value is -3.89. The summed E-state index contributed by atoms with van der Waals surface area (Å²) in [5, 5.41) is 17.2. The van der Waals surface area contributed by atoms with Crippen molar-refractivity contribution in [2.24, 2.45) is 11.0 Å². The number of carbonyl (C=O) groups is 3. The van der Waals surface area contributed by atoms with E-state index in [1.807, 2.05) is 30.3 Å². The number of carboxylic acid groups (broad SMARTS) is 1. The number of ether oxygens (including phenoxy) is 1.